The summed E-state index contributed by atoms with van der Waals surface area (Å²) in [5.74, 6) is 0.256. The second-order valence-corrected chi connectivity index (χ2v) is 6.08. The molecule has 3 rings (SSSR count). The molecule has 0 aliphatic rings. The second kappa shape index (κ2) is 8.31. The number of amides is 1. The van der Waals surface area contributed by atoms with Crippen molar-refractivity contribution < 1.29 is 4.79 Å². The van der Waals surface area contributed by atoms with Crippen molar-refractivity contribution in [1.82, 2.24) is 20.3 Å². The predicted octanol–water partition coefficient (Wildman–Crippen LogP) is 2.81. The number of pyridine rings is 1. The zero-order chi connectivity index (χ0) is 18.4. The summed E-state index contributed by atoms with van der Waals surface area (Å²) >= 11 is 0. The highest BCUT2D eigenvalue weighted by atomic mass is 16.2. The van der Waals surface area contributed by atoms with Crippen LogP contribution in [0.5, 0.6) is 0 Å². The van der Waals surface area contributed by atoms with E-state index >= 15 is 0 Å². The van der Waals surface area contributed by atoms with Gasteiger partial charge in [0.1, 0.15) is 0 Å². The maximum Gasteiger partial charge on any atom is 0.239 e. The van der Waals surface area contributed by atoms with Crippen molar-refractivity contribution in [2.45, 2.75) is 19.9 Å². The van der Waals surface area contributed by atoms with E-state index in [9.17, 15) is 4.79 Å². The van der Waals surface area contributed by atoms with Crippen molar-refractivity contribution in [3.8, 4) is 0 Å². The number of hydrogen-bond donors (Lipinski definition) is 2. The van der Waals surface area contributed by atoms with E-state index in [1.165, 1.54) is 23.5 Å². The number of hydrogen-bond acceptors (Lipinski definition) is 5. The quantitative estimate of drug-likeness (QED) is 0.717. The molecule has 3 aromatic rings. The molecule has 0 aliphatic heterocycles. The Labute approximate surface area is 152 Å². The van der Waals surface area contributed by atoms with Crippen LogP contribution in [0.4, 0.5) is 5.82 Å². The highest BCUT2D eigenvalue weighted by Crippen LogP contribution is 2.23. The second-order valence-electron chi connectivity index (χ2n) is 6.08. The molecule has 132 valence electrons. The molecule has 2 N–H and O–H groups in total. The molecule has 2 heterocycles. The molecule has 0 saturated heterocycles. The first-order valence-electron chi connectivity index (χ1n) is 8.40. The summed E-state index contributed by atoms with van der Waals surface area (Å²) in [6.07, 6.45) is 8.16. The normalized spacial score (nSPS) is 11.8. The van der Waals surface area contributed by atoms with E-state index in [-0.39, 0.29) is 18.5 Å². The number of nitrogens with zero attached hydrogens (tertiary/aromatic N) is 3. The van der Waals surface area contributed by atoms with Gasteiger partial charge in [-0.05, 0) is 42.2 Å². The zero-order valence-corrected chi connectivity index (χ0v) is 14.8. The van der Waals surface area contributed by atoms with Crippen molar-refractivity contribution in [1.29, 1.82) is 0 Å². The van der Waals surface area contributed by atoms with E-state index in [1.807, 2.05) is 18.3 Å². The van der Waals surface area contributed by atoms with Crippen LogP contribution < -0.4 is 10.6 Å². The first-order valence-corrected chi connectivity index (χ1v) is 8.40. The van der Waals surface area contributed by atoms with E-state index in [0.29, 0.717) is 5.82 Å². The molecular weight excluding hydrogens is 326 g/mol. The molecule has 1 atom stereocenters. The van der Waals surface area contributed by atoms with Gasteiger partial charge in [0.05, 0.1) is 18.8 Å². The number of aromatic nitrogens is 3. The summed E-state index contributed by atoms with van der Waals surface area (Å²) < 4.78 is 0. The Hall–Kier alpha value is -3.12. The van der Waals surface area contributed by atoms with Gasteiger partial charge in [-0.25, -0.2) is 4.98 Å². The number of carbonyl (C=O) groups excluding carboxylic acids is 1. The lowest BCUT2D eigenvalue weighted by Crippen LogP contribution is -2.32. The van der Waals surface area contributed by atoms with Crippen LogP contribution in [0.3, 0.4) is 0 Å². The highest BCUT2D eigenvalue weighted by molar-refractivity contribution is 5.91. The summed E-state index contributed by atoms with van der Waals surface area (Å²) in [6.45, 7) is 4.31. The molecule has 0 fully saturated rings. The summed E-state index contributed by atoms with van der Waals surface area (Å²) in [6, 6.07) is 10.1. The SMILES string of the molecule is Cc1ccc([C@H](NCC(=O)Nc2cnccn2)c2cccnc2)cc1C. The molecule has 6 nitrogen and oxygen atoms in total. The smallest absolute Gasteiger partial charge is 0.239 e. The van der Waals surface area contributed by atoms with Gasteiger partial charge in [0.15, 0.2) is 5.82 Å². The number of aryl methyl sites for hydroxylation is 2. The van der Waals surface area contributed by atoms with Crippen LogP contribution in [0.1, 0.15) is 28.3 Å². The zero-order valence-electron chi connectivity index (χ0n) is 14.8. The van der Waals surface area contributed by atoms with E-state index < -0.39 is 0 Å². The van der Waals surface area contributed by atoms with Crippen LogP contribution in [-0.4, -0.2) is 27.4 Å². The molecule has 0 unspecified atom stereocenters. The molecule has 0 bridgehead atoms. The van der Waals surface area contributed by atoms with E-state index in [2.05, 4.69) is 57.6 Å². The molecule has 0 radical (unpaired) electrons. The number of rotatable bonds is 6. The van der Waals surface area contributed by atoms with Gasteiger partial charge in [-0.2, -0.15) is 0 Å². The third kappa shape index (κ3) is 4.49. The molecule has 26 heavy (non-hydrogen) atoms. The fraction of sp³-hybridized carbons (Fsp3) is 0.200. The minimum absolute atomic E-state index is 0.129. The van der Waals surface area contributed by atoms with Crippen molar-refractivity contribution >= 4 is 11.7 Å². The lowest BCUT2D eigenvalue weighted by Gasteiger charge is -2.20. The summed E-state index contributed by atoms with van der Waals surface area (Å²) in [5.41, 5.74) is 4.54. The number of carbonyl (C=O) groups is 1. The molecule has 2 aromatic heterocycles. The van der Waals surface area contributed by atoms with Crippen molar-refractivity contribution in [3.05, 3.63) is 83.6 Å². The average Bonchev–Trinajstić information content (AvgIpc) is 2.66. The maximum atomic E-state index is 12.2. The van der Waals surface area contributed by atoms with Gasteiger partial charge >= 0.3 is 0 Å². The largest absolute Gasteiger partial charge is 0.308 e. The standard InChI is InChI=1S/C20H21N5O/c1-14-5-6-16(10-15(14)2)20(17-4-3-7-21-11-17)24-13-19(26)25-18-12-22-8-9-23-18/h3-12,20,24H,13H2,1-2H3,(H,23,25,26)/t20-/m0/s1. The Bertz CT molecular complexity index is 868. The molecule has 6 heteroatoms. The van der Waals surface area contributed by atoms with Gasteiger partial charge < -0.3 is 5.32 Å². The molecule has 1 amide bonds. The van der Waals surface area contributed by atoms with Gasteiger partial charge in [0, 0.05) is 24.8 Å². The van der Waals surface area contributed by atoms with Gasteiger partial charge in [-0.3, -0.25) is 20.1 Å². The fourth-order valence-electron chi connectivity index (χ4n) is 2.66. The molecule has 0 saturated carbocycles. The Morgan fingerprint density at radius 3 is 2.54 bits per heavy atom. The van der Waals surface area contributed by atoms with E-state index in [1.54, 1.807) is 12.4 Å². The van der Waals surface area contributed by atoms with Crippen molar-refractivity contribution in [2.24, 2.45) is 0 Å². The molecule has 0 aliphatic carbocycles. The molecular formula is C20H21N5O. The van der Waals surface area contributed by atoms with Gasteiger partial charge in [-0.15, -0.1) is 0 Å². The van der Waals surface area contributed by atoms with E-state index in [4.69, 9.17) is 0 Å². The highest BCUT2D eigenvalue weighted by Gasteiger charge is 2.16. The van der Waals surface area contributed by atoms with E-state index in [0.717, 1.165) is 11.1 Å². The molecule has 1 aromatic carbocycles. The first-order chi connectivity index (χ1) is 12.6. The van der Waals surface area contributed by atoms with Crippen LogP contribution in [-0.2, 0) is 4.79 Å². The number of benzene rings is 1. The Morgan fingerprint density at radius 2 is 1.85 bits per heavy atom. The Morgan fingerprint density at radius 1 is 1.00 bits per heavy atom. The summed E-state index contributed by atoms with van der Waals surface area (Å²) in [5, 5.41) is 6.05. The number of anilines is 1. The van der Waals surface area contributed by atoms with Crippen LogP contribution in [0.2, 0.25) is 0 Å². The monoisotopic (exact) mass is 347 g/mol. The van der Waals surface area contributed by atoms with Gasteiger partial charge in [0.2, 0.25) is 5.91 Å². The average molecular weight is 347 g/mol. The molecule has 0 spiro atoms. The summed E-state index contributed by atoms with van der Waals surface area (Å²) in [7, 11) is 0. The predicted molar refractivity (Wildman–Crippen MR) is 101 cm³/mol. The number of nitrogens with one attached hydrogen (secondary N) is 2. The van der Waals surface area contributed by atoms with Gasteiger partial charge in [-0.1, -0.05) is 24.3 Å². The van der Waals surface area contributed by atoms with Crippen LogP contribution >= 0.6 is 0 Å². The van der Waals surface area contributed by atoms with Crippen LogP contribution in [0, 0.1) is 13.8 Å². The lowest BCUT2D eigenvalue weighted by molar-refractivity contribution is -0.115. The third-order valence-electron chi connectivity index (χ3n) is 4.18. The topological polar surface area (TPSA) is 79.8 Å². The van der Waals surface area contributed by atoms with Crippen molar-refractivity contribution in [3.63, 3.8) is 0 Å². The van der Waals surface area contributed by atoms with Crippen molar-refractivity contribution in [2.75, 3.05) is 11.9 Å². The minimum atomic E-state index is -0.178. The fourth-order valence-corrected chi connectivity index (χ4v) is 2.66. The third-order valence-corrected chi connectivity index (χ3v) is 4.18. The maximum absolute atomic E-state index is 12.2. The lowest BCUT2D eigenvalue weighted by atomic mass is 9.96. The minimum Gasteiger partial charge on any atom is -0.308 e. The van der Waals surface area contributed by atoms with Crippen LogP contribution in [0.15, 0.2) is 61.3 Å². The Kier molecular flexibility index (Phi) is 5.66. The Balaban J connectivity index is 1.76. The van der Waals surface area contributed by atoms with Crippen LogP contribution in [0.25, 0.3) is 0 Å². The van der Waals surface area contributed by atoms with Gasteiger partial charge in [0.25, 0.3) is 0 Å². The first kappa shape index (κ1) is 17.7. The summed E-state index contributed by atoms with van der Waals surface area (Å²) in [4.78, 5) is 24.4.